The smallest absolute Gasteiger partial charge is 0.241 e. The molecule has 0 saturated carbocycles. The number of aliphatic hydroxyl groups excluding tert-OH is 1. The van der Waals surface area contributed by atoms with Crippen molar-refractivity contribution in [3.63, 3.8) is 0 Å². The quantitative estimate of drug-likeness (QED) is 0.804. The molecule has 84 valence electrons. The number of aliphatic hydroxyl groups is 1. The van der Waals surface area contributed by atoms with E-state index < -0.39 is 0 Å². The summed E-state index contributed by atoms with van der Waals surface area (Å²) < 4.78 is 5.14. The maximum absolute atomic E-state index is 8.77. The minimum Gasteiger partial charge on any atom is -0.479 e. The number of hydrogen-bond acceptors (Lipinski definition) is 5. The zero-order valence-corrected chi connectivity index (χ0v) is 8.97. The van der Waals surface area contributed by atoms with E-state index in [0.717, 1.165) is 10.8 Å². The number of benzene rings is 1. The van der Waals surface area contributed by atoms with Crippen LogP contribution in [0.4, 0.5) is 5.82 Å². The van der Waals surface area contributed by atoms with Crippen LogP contribution >= 0.6 is 0 Å². The highest BCUT2D eigenvalue weighted by Gasteiger charge is 2.07. The Hall–Kier alpha value is -1.88. The monoisotopic (exact) mass is 219 g/mol. The van der Waals surface area contributed by atoms with Crippen molar-refractivity contribution in [1.29, 1.82) is 0 Å². The fraction of sp³-hybridized carbons (Fsp3) is 0.273. The lowest BCUT2D eigenvalue weighted by atomic mass is 10.2. The van der Waals surface area contributed by atoms with Crippen LogP contribution in [0.25, 0.3) is 10.8 Å². The van der Waals surface area contributed by atoms with Crippen LogP contribution in [0.2, 0.25) is 0 Å². The lowest BCUT2D eigenvalue weighted by molar-refractivity contribution is 0.311. The maximum atomic E-state index is 8.77. The number of rotatable bonds is 4. The molecular formula is C11H13N3O2. The van der Waals surface area contributed by atoms with Gasteiger partial charge < -0.3 is 15.2 Å². The minimum atomic E-state index is 0.0576. The minimum absolute atomic E-state index is 0.0576. The SMILES string of the molecule is COc1nnc(NCCO)c2ccccc12. The van der Waals surface area contributed by atoms with Gasteiger partial charge >= 0.3 is 0 Å². The highest BCUT2D eigenvalue weighted by molar-refractivity contribution is 5.94. The van der Waals surface area contributed by atoms with E-state index in [2.05, 4.69) is 15.5 Å². The number of nitrogens with zero attached hydrogens (tertiary/aromatic N) is 2. The average molecular weight is 219 g/mol. The van der Waals surface area contributed by atoms with Gasteiger partial charge in [0.1, 0.15) is 0 Å². The van der Waals surface area contributed by atoms with Gasteiger partial charge in [0.2, 0.25) is 5.88 Å². The van der Waals surface area contributed by atoms with Gasteiger partial charge in [0.25, 0.3) is 0 Å². The molecule has 0 amide bonds. The van der Waals surface area contributed by atoms with E-state index in [4.69, 9.17) is 9.84 Å². The average Bonchev–Trinajstić information content (AvgIpc) is 2.36. The van der Waals surface area contributed by atoms with Gasteiger partial charge in [-0.25, -0.2) is 0 Å². The Morgan fingerprint density at radius 3 is 2.69 bits per heavy atom. The van der Waals surface area contributed by atoms with E-state index in [1.54, 1.807) is 7.11 Å². The molecule has 16 heavy (non-hydrogen) atoms. The van der Waals surface area contributed by atoms with Gasteiger partial charge in [-0.05, 0) is 6.07 Å². The molecular weight excluding hydrogens is 206 g/mol. The van der Waals surface area contributed by atoms with Gasteiger partial charge in [0.15, 0.2) is 5.82 Å². The molecule has 0 bridgehead atoms. The molecule has 0 aliphatic carbocycles. The number of aromatic nitrogens is 2. The van der Waals surface area contributed by atoms with E-state index >= 15 is 0 Å². The summed E-state index contributed by atoms with van der Waals surface area (Å²) in [4.78, 5) is 0. The second-order valence-corrected chi connectivity index (χ2v) is 3.25. The first-order valence-corrected chi connectivity index (χ1v) is 5.01. The second kappa shape index (κ2) is 4.76. The molecule has 0 aliphatic rings. The molecule has 2 N–H and O–H groups in total. The van der Waals surface area contributed by atoms with Crippen molar-refractivity contribution in [2.45, 2.75) is 0 Å². The van der Waals surface area contributed by atoms with Crippen LogP contribution in [0, 0.1) is 0 Å². The molecule has 5 heteroatoms. The lowest BCUT2D eigenvalue weighted by Gasteiger charge is -2.08. The molecule has 1 aromatic heterocycles. The molecule has 1 heterocycles. The topological polar surface area (TPSA) is 67.3 Å². The Bertz CT molecular complexity index is 488. The van der Waals surface area contributed by atoms with Crippen molar-refractivity contribution >= 4 is 16.6 Å². The van der Waals surface area contributed by atoms with Crippen molar-refractivity contribution in [3.8, 4) is 5.88 Å². The van der Waals surface area contributed by atoms with Crippen molar-refractivity contribution in [2.24, 2.45) is 0 Å². The van der Waals surface area contributed by atoms with E-state index in [0.29, 0.717) is 18.2 Å². The van der Waals surface area contributed by atoms with Crippen molar-refractivity contribution < 1.29 is 9.84 Å². The zero-order chi connectivity index (χ0) is 11.4. The number of methoxy groups -OCH3 is 1. The normalized spacial score (nSPS) is 10.4. The maximum Gasteiger partial charge on any atom is 0.241 e. The van der Waals surface area contributed by atoms with E-state index in [9.17, 15) is 0 Å². The summed E-state index contributed by atoms with van der Waals surface area (Å²) >= 11 is 0. The number of ether oxygens (including phenoxy) is 1. The Balaban J connectivity index is 2.51. The first kappa shape index (κ1) is 10.6. The molecule has 0 radical (unpaired) electrons. The number of nitrogens with one attached hydrogen (secondary N) is 1. The van der Waals surface area contributed by atoms with E-state index in [-0.39, 0.29) is 6.61 Å². The van der Waals surface area contributed by atoms with Gasteiger partial charge in [-0.1, -0.05) is 18.2 Å². The fourth-order valence-electron chi connectivity index (χ4n) is 1.53. The van der Waals surface area contributed by atoms with E-state index in [1.807, 2.05) is 24.3 Å². The Morgan fingerprint density at radius 1 is 1.25 bits per heavy atom. The summed E-state index contributed by atoms with van der Waals surface area (Å²) in [5.41, 5.74) is 0. The Morgan fingerprint density at radius 2 is 2.00 bits per heavy atom. The second-order valence-electron chi connectivity index (χ2n) is 3.25. The van der Waals surface area contributed by atoms with Gasteiger partial charge in [-0.2, -0.15) is 0 Å². The first-order valence-electron chi connectivity index (χ1n) is 5.01. The predicted molar refractivity (Wildman–Crippen MR) is 61.7 cm³/mol. The van der Waals surface area contributed by atoms with Gasteiger partial charge in [-0.3, -0.25) is 0 Å². The molecule has 0 fully saturated rings. The van der Waals surface area contributed by atoms with Crippen LogP contribution in [0.1, 0.15) is 0 Å². The van der Waals surface area contributed by atoms with Crippen LogP contribution in [-0.2, 0) is 0 Å². The third-order valence-electron chi connectivity index (χ3n) is 2.25. The summed E-state index contributed by atoms with van der Waals surface area (Å²) in [5, 5.41) is 21.6. The third-order valence-corrected chi connectivity index (χ3v) is 2.25. The Labute approximate surface area is 93.1 Å². The molecule has 1 aromatic carbocycles. The molecule has 0 atom stereocenters. The Kier molecular flexibility index (Phi) is 3.16. The van der Waals surface area contributed by atoms with Gasteiger partial charge in [0, 0.05) is 17.3 Å². The van der Waals surface area contributed by atoms with Gasteiger partial charge in [-0.15, -0.1) is 10.2 Å². The predicted octanol–water partition coefficient (Wildman–Crippen LogP) is 1.04. The number of fused-ring (bicyclic) bond motifs is 1. The molecule has 5 nitrogen and oxygen atoms in total. The number of hydrogen-bond donors (Lipinski definition) is 2. The molecule has 0 spiro atoms. The summed E-state index contributed by atoms with van der Waals surface area (Å²) in [6.45, 7) is 0.507. The summed E-state index contributed by atoms with van der Waals surface area (Å²) in [6, 6.07) is 7.70. The fourth-order valence-corrected chi connectivity index (χ4v) is 1.53. The lowest BCUT2D eigenvalue weighted by Crippen LogP contribution is -2.08. The summed E-state index contributed by atoms with van der Waals surface area (Å²) in [7, 11) is 1.57. The highest BCUT2D eigenvalue weighted by atomic mass is 16.5. The molecule has 2 rings (SSSR count). The van der Waals surface area contributed by atoms with Gasteiger partial charge in [0.05, 0.1) is 13.7 Å². The third kappa shape index (κ3) is 1.90. The molecule has 0 aliphatic heterocycles. The first-order chi connectivity index (χ1) is 7.86. The van der Waals surface area contributed by atoms with Crippen LogP contribution < -0.4 is 10.1 Å². The zero-order valence-electron chi connectivity index (χ0n) is 8.97. The van der Waals surface area contributed by atoms with Crippen LogP contribution in [0.5, 0.6) is 5.88 Å². The van der Waals surface area contributed by atoms with Crippen molar-refractivity contribution in [1.82, 2.24) is 10.2 Å². The standard InChI is InChI=1S/C11H13N3O2/c1-16-11-9-5-3-2-4-8(9)10(13-14-11)12-6-7-15/h2-5,15H,6-7H2,1H3,(H,12,13). The number of anilines is 1. The van der Waals surface area contributed by atoms with Crippen molar-refractivity contribution in [3.05, 3.63) is 24.3 Å². The van der Waals surface area contributed by atoms with Crippen LogP contribution in [0.3, 0.4) is 0 Å². The summed E-state index contributed by atoms with van der Waals surface area (Å²) in [6.07, 6.45) is 0. The largest absolute Gasteiger partial charge is 0.479 e. The van der Waals surface area contributed by atoms with Crippen LogP contribution in [0.15, 0.2) is 24.3 Å². The summed E-state index contributed by atoms with van der Waals surface area (Å²) in [5.74, 6) is 1.16. The van der Waals surface area contributed by atoms with Crippen LogP contribution in [-0.4, -0.2) is 35.6 Å². The van der Waals surface area contributed by atoms with E-state index in [1.165, 1.54) is 0 Å². The molecule has 0 saturated heterocycles. The highest BCUT2D eigenvalue weighted by Crippen LogP contribution is 2.26. The molecule has 0 unspecified atom stereocenters. The van der Waals surface area contributed by atoms with Crippen molar-refractivity contribution in [2.75, 3.05) is 25.6 Å². The molecule has 2 aromatic rings.